The maximum atomic E-state index is 5.60. The van der Waals surface area contributed by atoms with E-state index in [0.29, 0.717) is 0 Å². The van der Waals surface area contributed by atoms with Crippen molar-refractivity contribution in [1.82, 2.24) is 24.8 Å². The number of nitrogens with one attached hydrogen (secondary N) is 2. The molecule has 0 saturated carbocycles. The largest absolute Gasteiger partial charge is 0.380 e. The van der Waals surface area contributed by atoms with Gasteiger partial charge in [-0.3, -0.25) is 9.88 Å². The van der Waals surface area contributed by atoms with Crippen LogP contribution in [0.5, 0.6) is 0 Å². The van der Waals surface area contributed by atoms with Crippen LogP contribution in [0.15, 0.2) is 49.2 Å². The minimum Gasteiger partial charge on any atom is -0.380 e. The van der Waals surface area contributed by atoms with Gasteiger partial charge in [0, 0.05) is 50.6 Å². The van der Waals surface area contributed by atoms with Gasteiger partial charge in [-0.05, 0) is 30.2 Å². The van der Waals surface area contributed by atoms with Crippen molar-refractivity contribution < 1.29 is 4.74 Å². The summed E-state index contributed by atoms with van der Waals surface area (Å²) in [5.41, 5.74) is 3.33. The van der Waals surface area contributed by atoms with E-state index in [0.717, 1.165) is 36.6 Å². The highest BCUT2D eigenvalue weighted by Crippen LogP contribution is 2.33. The van der Waals surface area contributed by atoms with Crippen LogP contribution >= 0.6 is 0 Å². The van der Waals surface area contributed by atoms with Crippen molar-refractivity contribution in [3.05, 3.63) is 60.6 Å². The lowest BCUT2D eigenvalue weighted by atomic mass is 10.2. The Bertz CT molecular complexity index is 768. The second-order valence-electron chi connectivity index (χ2n) is 6.18. The monoisotopic (exact) mass is 323 g/mol. The number of rotatable bonds is 5. The summed E-state index contributed by atoms with van der Waals surface area (Å²) < 4.78 is 5.60. The van der Waals surface area contributed by atoms with Gasteiger partial charge in [0.15, 0.2) is 0 Å². The number of H-pyrrole nitrogens is 2. The Kier molecular flexibility index (Phi) is 4.15. The average molecular weight is 323 g/mol. The van der Waals surface area contributed by atoms with Crippen molar-refractivity contribution in [2.24, 2.45) is 0 Å². The maximum absolute atomic E-state index is 5.60. The van der Waals surface area contributed by atoms with Crippen molar-refractivity contribution in [1.29, 1.82) is 0 Å². The molecule has 4 rings (SSSR count). The fraction of sp³-hybridized carbons (Fsp3) is 0.333. The Balaban J connectivity index is 1.57. The first kappa shape index (κ1) is 15.1. The molecule has 1 aliphatic rings. The number of nitrogens with zero attached hydrogens (tertiary/aromatic N) is 3. The minimum absolute atomic E-state index is 0.232. The molecule has 0 spiro atoms. The normalized spacial score (nSPS) is 21.4. The highest BCUT2D eigenvalue weighted by Gasteiger charge is 2.35. The van der Waals surface area contributed by atoms with E-state index in [1.54, 1.807) is 13.3 Å². The zero-order chi connectivity index (χ0) is 16.4. The molecule has 0 aliphatic carbocycles. The van der Waals surface area contributed by atoms with E-state index in [9.17, 15) is 0 Å². The Hall–Kier alpha value is -2.44. The van der Waals surface area contributed by atoms with Gasteiger partial charge in [0.25, 0.3) is 0 Å². The molecular weight excluding hydrogens is 302 g/mol. The fourth-order valence-corrected chi connectivity index (χ4v) is 3.36. The second kappa shape index (κ2) is 6.59. The van der Waals surface area contributed by atoms with Gasteiger partial charge in [-0.1, -0.05) is 0 Å². The highest BCUT2D eigenvalue weighted by molar-refractivity contribution is 5.56. The third-order valence-corrected chi connectivity index (χ3v) is 4.63. The zero-order valence-electron chi connectivity index (χ0n) is 13.6. The molecule has 124 valence electrons. The van der Waals surface area contributed by atoms with E-state index in [1.807, 2.05) is 36.9 Å². The molecule has 6 heteroatoms. The first-order chi connectivity index (χ1) is 11.8. The minimum atomic E-state index is 0.232. The summed E-state index contributed by atoms with van der Waals surface area (Å²) in [4.78, 5) is 17.8. The Morgan fingerprint density at radius 3 is 3.04 bits per heavy atom. The summed E-state index contributed by atoms with van der Waals surface area (Å²) in [5, 5.41) is 0. The second-order valence-corrected chi connectivity index (χ2v) is 6.18. The SMILES string of the molecule is CO[C@@H]1C[C@@H](c2ncc(-c3cccnc3)[nH]2)N(Cc2cc[nH]c2)C1. The molecule has 0 bridgehead atoms. The summed E-state index contributed by atoms with van der Waals surface area (Å²) in [6.07, 6.45) is 10.7. The summed E-state index contributed by atoms with van der Waals surface area (Å²) >= 11 is 0. The molecule has 1 aliphatic heterocycles. The molecule has 24 heavy (non-hydrogen) atoms. The standard InChI is InChI=1S/C18H21N5O/c1-24-15-7-17(23(12-15)11-13-4-6-20-8-13)18-21-10-16(22-18)14-3-2-5-19-9-14/h2-6,8-10,15,17,20H,7,11-12H2,1H3,(H,21,22)/t15-,17+/m1/s1. The molecule has 4 heterocycles. The lowest BCUT2D eigenvalue weighted by Gasteiger charge is -2.21. The fourth-order valence-electron chi connectivity index (χ4n) is 3.36. The molecule has 2 atom stereocenters. The predicted octanol–water partition coefficient (Wildman–Crippen LogP) is 2.76. The summed E-state index contributed by atoms with van der Waals surface area (Å²) in [7, 11) is 1.78. The van der Waals surface area contributed by atoms with Gasteiger partial charge >= 0.3 is 0 Å². The topological polar surface area (TPSA) is 69.8 Å². The molecule has 2 N–H and O–H groups in total. The smallest absolute Gasteiger partial charge is 0.124 e. The van der Waals surface area contributed by atoms with Gasteiger partial charge in [-0.2, -0.15) is 0 Å². The first-order valence-electron chi connectivity index (χ1n) is 8.17. The van der Waals surface area contributed by atoms with Crippen molar-refractivity contribution in [2.75, 3.05) is 13.7 Å². The Morgan fingerprint density at radius 2 is 2.29 bits per heavy atom. The first-order valence-corrected chi connectivity index (χ1v) is 8.17. The van der Waals surface area contributed by atoms with Gasteiger partial charge in [-0.25, -0.2) is 4.98 Å². The van der Waals surface area contributed by atoms with Crippen LogP contribution in [0.1, 0.15) is 23.9 Å². The number of hydrogen-bond donors (Lipinski definition) is 2. The van der Waals surface area contributed by atoms with E-state index >= 15 is 0 Å². The number of ether oxygens (including phenoxy) is 1. The lowest BCUT2D eigenvalue weighted by Crippen LogP contribution is -2.25. The van der Waals surface area contributed by atoms with E-state index in [1.165, 1.54) is 5.56 Å². The number of aromatic nitrogens is 4. The third-order valence-electron chi connectivity index (χ3n) is 4.63. The van der Waals surface area contributed by atoms with Crippen molar-refractivity contribution in [3.8, 4) is 11.3 Å². The molecule has 3 aromatic rings. The van der Waals surface area contributed by atoms with Crippen LogP contribution in [0.25, 0.3) is 11.3 Å². The van der Waals surface area contributed by atoms with Crippen molar-refractivity contribution >= 4 is 0 Å². The van der Waals surface area contributed by atoms with Crippen LogP contribution in [0, 0.1) is 0 Å². The number of imidazole rings is 1. The van der Waals surface area contributed by atoms with Gasteiger partial charge < -0.3 is 14.7 Å². The summed E-state index contributed by atoms with van der Waals surface area (Å²) in [5.74, 6) is 0.990. The zero-order valence-corrected chi connectivity index (χ0v) is 13.6. The van der Waals surface area contributed by atoms with Crippen molar-refractivity contribution in [3.63, 3.8) is 0 Å². The quantitative estimate of drug-likeness (QED) is 0.757. The molecular formula is C18H21N5O. The highest BCUT2D eigenvalue weighted by atomic mass is 16.5. The number of pyridine rings is 1. The van der Waals surface area contributed by atoms with Crippen LogP contribution in [0.3, 0.4) is 0 Å². The maximum Gasteiger partial charge on any atom is 0.124 e. The van der Waals surface area contributed by atoms with Crippen LogP contribution in [-0.2, 0) is 11.3 Å². The van der Waals surface area contributed by atoms with Gasteiger partial charge in [0.2, 0.25) is 0 Å². The average Bonchev–Trinajstić information content (AvgIpc) is 3.36. The van der Waals surface area contributed by atoms with E-state index in [4.69, 9.17) is 4.74 Å². The Morgan fingerprint density at radius 1 is 1.33 bits per heavy atom. The number of methoxy groups -OCH3 is 1. The van der Waals surface area contributed by atoms with Crippen LogP contribution < -0.4 is 0 Å². The van der Waals surface area contributed by atoms with E-state index in [2.05, 4.69) is 30.9 Å². The molecule has 6 nitrogen and oxygen atoms in total. The van der Waals surface area contributed by atoms with Crippen LogP contribution in [0.2, 0.25) is 0 Å². The van der Waals surface area contributed by atoms with E-state index in [-0.39, 0.29) is 12.1 Å². The third kappa shape index (κ3) is 2.98. The molecule has 3 aromatic heterocycles. The van der Waals surface area contributed by atoms with Crippen molar-refractivity contribution in [2.45, 2.75) is 25.1 Å². The van der Waals surface area contributed by atoms with Gasteiger partial charge in [-0.15, -0.1) is 0 Å². The molecule has 0 unspecified atom stereocenters. The molecule has 1 saturated heterocycles. The summed E-state index contributed by atoms with van der Waals surface area (Å²) in [6.45, 7) is 1.80. The number of likely N-dealkylation sites (tertiary alicyclic amines) is 1. The molecule has 0 radical (unpaired) electrons. The van der Waals surface area contributed by atoms with Gasteiger partial charge in [0.05, 0.1) is 24.0 Å². The number of aromatic amines is 2. The summed E-state index contributed by atoms with van der Waals surface area (Å²) in [6, 6.07) is 6.31. The van der Waals surface area contributed by atoms with Gasteiger partial charge in [0.1, 0.15) is 5.82 Å². The Labute approximate surface area is 140 Å². The van der Waals surface area contributed by atoms with Crippen LogP contribution in [-0.4, -0.2) is 44.6 Å². The van der Waals surface area contributed by atoms with E-state index < -0.39 is 0 Å². The predicted molar refractivity (Wildman–Crippen MR) is 91.2 cm³/mol. The number of hydrogen-bond acceptors (Lipinski definition) is 4. The van der Waals surface area contributed by atoms with Crippen LogP contribution in [0.4, 0.5) is 0 Å². The molecule has 0 amide bonds. The molecule has 1 fully saturated rings. The lowest BCUT2D eigenvalue weighted by molar-refractivity contribution is 0.107. The molecule has 0 aromatic carbocycles.